The lowest BCUT2D eigenvalue weighted by Crippen LogP contribution is -2.38. The van der Waals surface area contributed by atoms with Crippen molar-refractivity contribution in [2.75, 3.05) is 18.0 Å². The number of aliphatic carboxylic acids is 1. The summed E-state index contributed by atoms with van der Waals surface area (Å²) in [4.78, 5) is 17.7. The Morgan fingerprint density at radius 3 is 3.10 bits per heavy atom. The number of carbonyl (C=O) groups is 1. The number of pyridine rings is 1. The Hall–Kier alpha value is -2.10. The van der Waals surface area contributed by atoms with Crippen LogP contribution >= 0.6 is 0 Å². The smallest absolute Gasteiger partial charge is 0.308 e. The molecule has 0 amide bonds. The van der Waals surface area contributed by atoms with Gasteiger partial charge < -0.3 is 10.0 Å². The molecule has 20 heavy (non-hydrogen) atoms. The fourth-order valence-electron chi connectivity index (χ4n) is 2.93. The van der Waals surface area contributed by atoms with E-state index in [1.807, 2.05) is 25.3 Å². The molecule has 1 fully saturated rings. The maximum absolute atomic E-state index is 11.2. The van der Waals surface area contributed by atoms with E-state index in [0.717, 1.165) is 41.5 Å². The molecule has 1 aliphatic heterocycles. The van der Waals surface area contributed by atoms with Gasteiger partial charge in [-0.25, -0.2) is 0 Å². The summed E-state index contributed by atoms with van der Waals surface area (Å²) in [6.45, 7) is 3.49. The van der Waals surface area contributed by atoms with Crippen LogP contribution < -0.4 is 4.90 Å². The van der Waals surface area contributed by atoms with Gasteiger partial charge in [0, 0.05) is 41.4 Å². The zero-order valence-electron chi connectivity index (χ0n) is 11.5. The molecule has 1 aliphatic rings. The Bertz CT molecular complexity index is 654. The molecule has 0 saturated carbocycles. The summed E-state index contributed by atoms with van der Waals surface area (Å²) in [5, 5.41) is 11.5. The van der Waals surface area contributed by atoms with Crippen molar-refractivity contribution < 1.29 is 9.90 Å². The van der Waals surface area contributed by atoms with E-state index in [0.29, 0.717) is 6.54 Å². The first-order valence-corrected chi connectivity index (χ1v) is 6.98. The molecule has 0 bridgehead atoms. The highest BCUT2D eigenvalue weighted by atomic mass is 16.4. The molecule has 0 radical (unpaired) electrons. The van der Waals surface area contributed by atoms with Gasteiger partial charge >= 0.3 is 5.97 Å². The Morgan fingerprint density at radius 2 is 2.30 bits per heavy atom. The minimum atomic E-state index is -0.687. The molecular weight excluding hydrogens is 252 g/mol. The predicted molar refractivity (Wildman–Crippen MR) is 79.1 cm³/mol. The number of carboxylic acid groups (broad SMARTS) is 1. The van der Waals surface area contributed by atoms with Gasteiger partial charge in [0.25, 0.3) is 0 Å². The molecular formula is C16H18N2O2. The zero-order chi connectivity index (χ0) is 14.1. The SMILES string of the molecule is Cc1cc2c(N3CCCC(C(=O)O)C3)cccc2cn1. The molecule has 1 aromatic heterocycles. The molecule has 4 nitrogen and oxygen atoms in total. The van der Waals surface area contributed by atoms with Gasteiger partial charge in [-0.05, 0) is 31.9 Å². The summed E-state index contributed by atoms with van der Waals surface area (Å²) < 4.78 is 0. The van der Waals surface area contributed by atoms with E-state index in [1.54, 1.807) is 0 Å². The lowest BCUT2D eigenvalue weighted by molar-refractivity contribution is -0.141. The van der Waals surface area contributed by atoms with Crippen molar-refractivity contribution in [2.45, 2.75) is 19.8 Å². The Balaban J connectivity index is 2.01. The van der Waals surface area contributed by atoms with Crippen LogP contribution in [-0.4, -0.2) is 29.1 Å². The topological polar surface area (TPSA) is 53.4 Å². The van der Waals surface area contributed by atoms with E-state index < -0.39 is 5.97 Å². The number of fused-ring (bicyclic) bond motifs is 1. The lowest BCUT2D eigenvalue weighted by atomic mass is 9.97. The van der Waals surface area contributed by atoms with Gasteiger partial charge in [0.05, 0.1) is 5.92 Å². The van der Waals surface area contributed by atoms with Crippen molar-refractivity contribution in [3.05, 3.63) is 36.2 Å². The first-order valence-electron chi connectivity index (χ1n) is 6.98. The van der Waals surface area contributed by atoms with Gasteiger partial charge in [-0.2, -0.15) is 0 Å². The van der Waals surface area contributed by atoms with Crippen LogP contribution in [0.5, 0.6) is 0 Å². The number of nitrogens with zero attached hydrogens (tertiary/aromatic N) is 2. The van der Waals surface area contributed by atoms with E-state index in [4.69, 9.17) is 0 Å². The second-order valence-electron chi connectivity index (χ2n) is 5.45. The monoisotopic (exact) mass is 270 g/mol. The summed E-state index contributed by atoms with van der Waals surface area (Å²) in [5.74, 6) is -0.949. The molecule has 1 saturated heterocycles. The second kappa shape index (κ2) is 5.12. The first kappa shape index (κ1) is 12.9. The van der Waals surface area contributed by atoms with E-state index in [2.05, 4.69) is 22.0 Å². The molecule has 1 unspecified atom stereocenters. The molecule has 3 rings (SSSR count). The number of aromatic nitrogens is 1. The summed E-state index contributed by atoms with van der Waals surface area (Å²) in [6, 6.07) is 8.21. The standard InChI is InChI=1S/C16H18N2O2/c1-11-8-14-12(9-17-11)4-2-6-15(14)18-7-3-5-13(10-18)16(19)20/h2,4,6,8-9,13H,3,5,7,10H2,1H3,(H,19,20). The van der Waals surface area contributed by atoms with Gasteiger partial charge in [-0.3, -0.25) is 9.78 Å². The van der Waals surface area contributed by atoms with Crippen molar-refractivity contribution in [3.63, 3.8) is 0 Å². The lowest BCUT2D eigenvalue weighted by Gasteiger charge is -2.33. The fraction of sp³-hybridized carbons (Fsp3) is 0.375. The first-order chi connectivity index (χ1) is 9.65. The van der Waals surface area contributed by atoms with E-state index in [9.17, 15) is 9.90 Å². The third-order valence-electron chi connectivity index (χ3n) is 3.99. The number of hydrogen-bond acceptors (Lipinski definition) is 3. The van der Waals surface area contributed by atoms with E-state index >= 15 is 0 Å². The van der Waals surface area contributed by atoms with Gasteiger partial charge in [-0.15, -0.1) is 0 Å². The molecule has 0 aliphatic carbocycles. The molecule has 2 heterocycles. The summed E-state index contributed by atoms with van der Waals surface area (Å²) in [5.41, 5.74) is 2.11. The van der Waals surface area contributed by atoms with E-state index in [1.165, 1.54) is 0 Å². The Labute approximate surface area is 118 Å². The summed E-state index contributed by atoms with van der Waals surface area (Å²) >= 11 is 0. The maximum Gasteiger partial charge on any atom is 0.308 e. The highest BCUT2D eigenvalue weighted by molar-refractivity contribution is 5.94. The third-order valence-corrected chi connectivity index (χ3v) is 3.99. The van der Waals surface area contributed by atoms with Gasteiger partial charge in [0.2, 0.25) is 0 Å². The summed E-state index contributed by atoms with van der Waals surface area (Å²) in [6.07, 6.45) is 3.58. The zero-order valence-corrected chi connectivity index (χ0v) is 11.5. The molecule has 104 valence electrons. The molecule has 1 atom stereocenters. The van der Waals surface area contributed by atoms with Gasteiger partial charge in [0.15, 0.2) is 0 Å². The minimum absolute atomic E-state index is 0.262. The van der Waals surface area contributed by atoms with E-state index in [-0.39, 0.29) is 5.92 Å². The number of piperidine rings is 1. The second-order valence-corrected chi connectivity index (χ2v) is 5.45. The molecule has 2 aromatic rings. The molecule has 1 aromatic carbocycles. The number of rotatable bonds is 2. The van der Waals surface area contributed by atoms with Crippen LogP contribution in [0.1, 0.15) is 18.5 Å². The fourth-order valence-corrected chi connectivity index (χ4v) is 2.93. The third kappa shape index (κ3) is 2.33. The Morgan fingerprint density at radius 1 is 1.45 bits per heavy atom. The largest absolute Gasteiger partial charge is 0.481 e. The Kier molecular flexibility index (Phi) is 3.30. The van der Waals surface area contributed by atoms with Crippen molar-refractivity contribution in [3.8, 4) is 0 Å². The predicted octanol–water partition coefficient (Wildman–Crippen LogP) is 2.84. The van der Waals surface area contributed by atoms with Crippen molar-refractivity contribution in [1.82, 2.24) is 4.98 Å². The van der Waals surface area contributed by atoms with Crippen LogP contribution in [0.15, 0.2) is 30.5 Å². The van der Waals surface area contributed by atoms with Crippen molar-refractivity contribution >= 4 is 22.4 Å². The quantitative estimate of drug-likeness (QED) is 0.911. The van der Waals surface area contributed by atoms with Gasteiger partial charge in [0.1, 0.15) is 0 Å². The van der Waals surface area contributed by atoms with Crippen LogP contribution in [-0.2, 0) is 4.79 Å². The van der Waals surface area contributed by atoms with Crippen molar-refractivity contribution in [2.24, 2.45) is 5.92 Å². The number of benzene rings is 1. The van der Waals surface area contributed by atoms with Crippen LogP contribution in [0.4, 0.5) is 5.69 Å². The molecule has 4 heteroatoms. The summed E-state index contributed by atoms with van der Waals surface area (Å²) in [7, 11) is 0. The number of carboxylic acids is 1. The van der Waals surface area contributed by atoms with Crippen LogP contribution in [0.2, 0.25) is 0 Å². The minimum Gasteiger partial charge on any atom is -0.481 e. The average molecular weight is 270 g/mol. The highest BCUT2D eigenvalue weighted by Gasteiger charge is 2.26. The normalized spacial score (nSPS) is 19.2. The van der Waals surface area contributed by atoms with Crippen LogP contribution in [0, 0.1) is 12.8 Å². The van der Waals surface area contributed by atoms with Crippen LogP contribution in [0.3, 0.4) is 0 Å². The van der Waals surface area contributed by atoms with Gasteiger partial charge in [-0.1, -0.05) is 12.1 Å². The number of hydrogen-bond donors (Lipinski definition) is 1. The molecule has 0 spiro atoms. The maximum atomic E-state index is 11.2. The van der Waals surface area contributed by atoms with Crippen molar-refractivity contribution in [1.29, 1.82) is 0 Å². The molecule has 1 N–H and O–H groups in total. The highest BCUT2D eigenvalue weighted by Crippen LogP contribution is 2.30. The number of aryl methyl sites for hydroxylation is 1. The number of anilines is 1. The van der Waals surface area contributed by atoms with Crippen LogP contribution in [0.25, 0.3) is 10.8 Å². The average Bonchev–Trinajstić information content (AvgIpc) is 2.46.